The second-order valence-corrected chi connectivity index (χ2v) is 4.30. The summed E-state index contributed by atoms with van der Waals surface area (Å²) >= 11 is 0. The standard InChI is InChI=1S/C10H23NO3/c1-8(5-10(2,3)14-4)11-9(6-12)7-13/h8-9,11-13H,5-7H2,1-4H3. The number of ether oxygens (including phenoxy) is 1. The van der Waals surface area contributed by atoms with Gasteiger partial charge in [-0.05, 0) is 27.2 Å². The van der Waals surface area contributed by atoms with Crippen LogP contribution in [-0.4, -0.2) is 48.2 Å². The molecule has 0 aromatic rings. The number of rotatable bonds is 7. The lowest BCUT2D eigenvalue weighted by Gasteiger charge is -2.29. The van der Waals surface area contributed by atoms with Crippen molar-refractivity contribution in [2.75, 3.05) is 20.3 Å². The third-order valence-corrected chi connectivity index (χ3v) is 2.31. The summed E-state index contributed by atoms with van der Waals surface area (Å²) in [5.74, 6) is 0. The molecule has 0 amide bonds. The fraction of sp³-hybridized carbons (Fsp3) is 1.00. The summed E-state index contributed by atoms with van der Waals surface area (Å²) in [6.07, 6.45) is 0.833. The van der Waals surface area contributed by atoms with E-state index in [1.807, 2.05) is 20.8 Å². The molecule has 3 N–H and O–H groups in total. The van der Waals surface area contributed by atoms with Crippen LogP contribution < -0.4 is 5.32 Å². The Labute approximate surface area is 86.3 Å². The first-order valence-electron chi connectivity index (χ1n) is 4.98. The Balaban J connectivity index is 3.90. The van der Waals surface area contributed by atoms with Gasteiger partial charge in [-0.1, -0.05) is 0 Å². The van der Waals surface area contributed by atoms with Gasteiger partial charge in [0.2, 0.25) is 0 Å². The third kappa shape index (κ3) is 5.54. The van der Waals surface area contributed by atoms with Crippen LogP contribution in [0, 0.1) is 0 Å². The maximum absolute atomic E-state index is 8.88. The molecule has 1 unspecified atom stereocenters. The van der Waals surface area contributed by atoms with Gasteiger partial charge in [0.25, 0.3) is 0 Å². The second-order valence-electron chi connectivity index (χ2n) is 4.30. The molecule has 0 aromatic heterocycles. The number of aliphatic hydroxyl groups excluding tert-OH is 2. The SMILES string of the molecule is COC(C)(C)CC(C)NC(CO)CO. The van der Waals surface area contributed by atoms with Gasteiger partial charge in [0, 0.05) is 13.2 Å². The van der Waals surface area contributed by atoms with Crippen molar-refractivity contribution in [2.45, 2.75) is 44.9 Å². The van der Waals surface area contributed by atoms with Crippen molar-refractivity contribution in [3.05, 3.63) is 0 Å². The average molecular weight is 205 g/mol. The molecule has 0 saturated carbocycles. The summed E-state index contributed by atoms with van der Waals surface area (Å²) in [6, 6.07) is -0.0353. The third-order valence-electron chi connectivity index (χ3n) is 2.31. The molecule has 4 heteroatoms. The van der Waals surface area contributed by atoms with Crippen molar-refractivity contribution in [3.63, 3.8) is 0 Å². The Kier molecular flexibility index (Phi) is 6.27. The van der Waals surface area contributed by atoms with E-state index in [0.717, 1.165) is 6.42 Å². The average Bonchev–Trinajstić information content (AvgIpc) is 2.13. The van der Waals surface area contributed by atoms with Crippen molar-refractivity contribution in [1.82, 2.24) is 5.32 Å². The van der Waals surface area contributed by atoms with Gasteiger partial charge in [0.15, 0.2) is 0 Å². The molecule has 14 heavy (non-hydrogen) atoms. The van der Waals surface area contributed by atoms with E-state index < -0.39 is 0 Å². The van der Waals surface area contributed by atoms with E-state index in [2.05, 4.69) is 5.32 Å². The van der Waals surface area contributed by atoms with Crippen LogP contribution in [-0.2, 0) is 4.74 Å². The summed E-state index contributed by atoms with van der Waals surface area (Å²) < 4.78 is 5.29. The van der Waals surface area contributed by atoms with Gasteiger partial charge >= 0.3 is 0 Å². The van der Waals surface area contributed by atoms with Gasteiger partial charge in [-0.25, -0.2) is 0 Å². The molecule has 0 aliphatic rings. The zero-order chi connectivity index (χ0) is 11.2. The van der Waals surface area contributed by atoms with Gasteiger partial charge < -0.3 is 20.3 Å². The van der Waals surface area contributed by atoms with Crippen LogP contribution in [0.5, 0.6) is 0 Å². The Bertz CT molecular complexity index is 146. The first-order valence-corrected chi connectivity index (χ1v) is 4.98. The van der Waals surface area contributed by atoms with Crippen LogP contribution in [0.1, 0.15) is 27.2 Å². The highest BCUT2D eigenvalue weighted by Gasteiger charge is 2.21. The largest absolute Gasteiger partial charge is 0.395 e. The number of aliphatic hydroxyl groups is 2. The van der Waals surface area contributed by atoms with Gasteiger partial charge in [0.05, 0.1) is 24.9 Å². The molecule has 0 aromatic carbocycles. The van der Waals surface area contributed by atoms with E-state index in [0.29, 0.717) is 0 Å². The smallest absolute Gasteiger partial charge is 0.0637 e. The highest BCUT2D eigenvalue weighted by Crippen LogP contribution is 2.15. The molecule has 0 saturated heterocycles. The quantitative estimate of drug-likeness (QED) is 0.553. The van der Waals surface area contributed by atoms with Crippen molar-refractivity contribution >= 4 is 0 Å². The summed E-state index contributed by atoms with van der Waals surface area (Å²) in [4.78, 5) is 0. The van der Waals surface area contributed by atoms with E-state index in [1.54, 1.807) is 7.11 Å². The van der Waals surface area contributed by atoms with Crippen LogP contribution in [0.3, 0.4) is 0 Å². The summed E-state index contributed by atoms with van der Waals surface area (Å²) in [5.41, 5.74) is -0.179. The zero-order valence-electron chi connectivity index (χ0n) is 9.58. The van der Waals surface area contributed by atoms with Crippen LogP contribution >= 0.6 is 0 Å². The molecular formula is C10H23NO3. The first-order chi connectivity index (χ1) is 6.45. The van der Waals surface area contributed by atoms with Crippen molar-refractivity contribution in [1.29, 1.82) is 0 Å². The first kappa shape index (κ1) is 13.8. The zero-order valence-corrected chi connectivity index (χ0v) is 9.58. The van der Waals surface area contributed by atoms with Crippen molar-refractivity contribution in [3.8, 4) is 0 Å². The Morgan fingerprint density at radius 3 is 2.14 bits per heavy atom. The summed E-state index contributed by atoms with van der Waals surface area (Å²) in [7, 11) is 1.68. The maximum Gasteiger partial charge on any atom is 0.0637 e. The minimum absolute atomic E-state index is 0.0474. The molecule has 0 radical (unpaired) electrons. The summed E-state index contributed by atoms with van der Waals surface area (Å²) in [6.45, 7) is 5.94. The van der Waals surface area contributed by atoms with Gasteiger partial charge in [-0.3, -0.25) is 0 Å². The van der Waals surface area contributed by atoms with E-state index in [9.17, 15) is 0 Å². The highest BCUT2D eigenvalue weighted by molar-refractivity contribution is 4.78. The molecule has 4 nitrogen and oxygen atoms in total. The monoisotopic (exact) mass is 205 g/mol. The molecule has 0 rings (SSSR count). The molecule has 86 valence electrons. The molecule has 0 fully saturated rings. The normalized spacial score (nSPS) is 14.8. The molecule has 0 bridgehead atoms. The molecule has 1 atom stereocenters. The minimum atomic E-state index is -0.238. The second kappa shape index (κ2) is 6.35. The number of methoxy groups -OCH3 is 1. The molecule has 0 aliphatic carbocycles. The van der Waals surface area contributed by atoms with Crippen LogP contribution in [0.4, 0.5) is 0 Å². The predicted molar refractivity (Wildman–Crippen MR) is 56.3 cm³/mol. The Hall–Kier alpha value is -0.160. The highest BCUT2D eigenvalue weighted by atomic mass is 16.5. The van der Waals surface area contributed by atoms with Crippen LogP contribution in [0.25, 0.3) is 0 Å². The molecule has 0 aliphatic heterocycles. The number of hydrogen-bond acceptors (Lipinski definition) is 4. The molecular weight excluding hydrogens is 182 g/mol. The fourth-order valence-corrected chi connectivity index (χ4v) is 1.45. The van der Waals surface area contributed by atoms with Gasteiger partial charge in [-0.15, -0.1) is 0 Å². The predicted octanol–water partition coefficient (Wildman–Crippen LogP) is 0.133. The molecule has 0 heterocycles. The van der Waals surface area contributed by atoms with Gasteiger partial charge in [-0.2, -0.15) is 0 Å². The molecule has 0 spiro atoms. The Morgan fingerprint density at radius 2 is 1.79 bits per heavy atom. The van der Waals surface area contributed by atoms with E-state index >= 15 is 0 Å². The summed E-state index contributed by atoms with van der Waals surface area (Å²) in [5, 5.41) is 20.9. The van der Waals surface area contributed by atoms with Crippen molar-refractivity contribution < 1.29 is 14.9 Å². The van der Waals surface area contributed by atoms with E-state index in [1.165, 1.54) is 0 Å². The Morgan fingerprint density at radius 1 is 1.29 bits per heavy atom. The van der Waals surface area contributed by atoms with Crippen molar-refractivity contribution in [2.24, 2.45) is 0 Å². The lowest BCUT2D eigenvalue weighted by Crippen LogP contribution is -2.44. The minimum Gasteiger partial charge on any atom is -0.395 e. The van der Waals surface area contributed by atoms with Crippen LogP contribution in [0.2, 0.25) is 0 Å². The maximum atomic E-state index is 8.88. The van der Waals surface area contributed by atoms with Gasteiger partial charge in [0.1, 0.15) is 0 Å². The van der Waals surface area contributed by atoms with E-state index in [-0.39, 0.29) is 30.9 Å². The number of nitrogens with one attached hydrogen (secondary N) is 1. The lowest BCUT2D eigenvalue weighted by molar-refractivity contribution is 0.00602. The fourth-order valence-electron chi connectivity index (χ4n) is 1.45. The van der Waals surface area contributed by atoms with Crippen LogP contribution in [0.15, 0.2) is 0 Å². The topological polar surface area (TPSA) is 61.7 Å². The van der Waals surface area contributed by atoms with E-state index in [4.69, 9.17) is 14.9 Å². The lowest BCUT2D eigenvalue weighted by atomic mass is 9.99. The number of hydrogen-bond donors (Lipinski definition) is 3.